The lowest BCUT2D eigenvalue weighted by Gasteiger charge is -2.08. The smallest absolute Gasteiger partial charge is 0.269 e. The van der Waals surface area contributed by atoms with Gasteiger partial charge in [0.05, 0.1) is 16.3 Å². The average molecular weight is 325 g/mol. The van der Waals surface area contributed by atoms with Gasteiger partial charge in [0.2, 0.25) is 0 Å². The Labute approximate surface area is 137 Å². The Kier molecular flexibility index (Phi) is 3.91. The van der Waals surface area contributed by atoms with Crippen LogP contribution in [0.5, 0.6) is 17.2 Å². The van der Waals surface area contributed by atoms with Crippen LogP contribution in [-0.4, -0.2) is 19.8 Å². The van der Waals surface area contributed by atoms with Crippen molar-refractivity contribution in [2.45, 2.75) is 13.8 Å². The third-order valence-electron chi connectivity index (χ3n) is 3.61. The van der Waals surface area contributed by atoms with Crippen molar-refractivity contribution in [3.63, 3.8) is 0 Å². The van der Waals surface area contributed by atoms with Crippen molar-refractivity contribution in [1.29, 1.82) is 0 Å². The summed E-state index contributed by atoms with van der Waals surface area (Å²) in [6, 6.07) is 12.8. The summed E-state index contributed by atoms with van der Waals surface area (Å²) in [7, 11) is 0. The zero-order valence-electron chi connectivity index (χ0n) is 13.1. The number of rotatable bonds is 4. The van der Waals surface area contributed by atoms with Crippen molar-refractivity contribution in [3.8, 4) is 22.9 Å². The third-order valence-corrected chi connectivity index (χ3v) is 3.61. The minimum atomic E-state index is -0.447. The van der Waals surface area contributed by atoms with Crippen molar-refractivity contribution >= 4 is 5.69 Å². The monoisotopic (exact) mass is 325 g/mol. The van der Waals surface area contributed by atoms with Gasteiger partial charge in [0.1, 0.15) is 5.69 Å². The Hall–Kier alpha value is -3.35. The Bertz CT molecular complexity index is 901. The molecule has 0 saturated heterocycles. The molecule has 0 amide bonds. The predicted molar refractivity (Wildman–Crippen MR) is 87.9 cm³/mol. The van der Waals surface area contributed by atoms with E-state index >= 15 is 0 Å². The van der Waals surface area contributed by atoms with Crippen molar-refractivity contribution in [2.24, 2.45) is 0 Å². The van der Waals surface area contributed by atoms with Crippen LogP contribution in [-0.2, 0) is 0 Å². The molecule has 1 aromatic heterocycles. The summed E-state index contributed by atoms with van der Waals surface area (Å²) in [5, 5.41) is 25.0. The minimum absolute atomic E-state index is 0.0194. The summed E-state index contributed by atoms with van der Waals surface area (Å²) in [4.78, 5) is 10.3. The number of nitro benzene ring substituents is 1. The van der Waals surface area contributed by atoms with E-state index in [9.17, 15) is 15.2 Å². The van der Waals surface area contributed by atoms with Gasteiger partial charge in [0, 0.05) is 12.1 Å². The summed E-state index contributed by atoms with van der Waals surface area (Å²) >= 11 is 0. The van der Waals surface area contributed by atoms with E-state index in [4.69, 9.17) is 4.74 Å². The van der Waals surface area contributed by atoms with Crippen LogP contribution in [0.15, 0.2) is 48.5 Å². The molecule has 0 aliphatic rings. The molecule has 1 N–H and O–H groups in total. The van der Waals surface area contributed by atoms with Crippen molar-refractivity contribution in [3.05, 3.63) is 70.0 Å². The van der Waals surface area contributed by atoms with Crippen LogP contribution >= 0.6 is 0 Å². The number of aromatic nitrogens is 2. The molecule has 3 rings (SSSR count). The molecule has 7 nitrogen and oxygen atoms in total. The number of non-ortho nitro benzene ring substituents is 1. The molecule has 2 aromatic carbocycles. The minimum Gasteiger partial charge on any atom is -0.504 e. The molecule has 122 valence electrons. The van der Waals surface area contributed by atoms with E-state index in [1.54, 1.807) is 48.0 Å². The van der Waals surface area contributed by atoms with Gasteiger partial charge in [-0.3, -0.25) is 10.1 Å². The number of aryl methyl sites for hydroxylation is 1. The SMILES string of the molecule is Cc1nn(-c2ccc([N+](=O)[O-])cc2)c(C)c1Oc1ccccc1O. The maximum absolute atomic E-state index is 10.7. The van der Waals surface area contributed by atoms with Gasteiger partial charge in [0.25, 0.3) is 5.69 Å². The fourth-order valence-electron chi connectivity index (χ4n) is 2.40. The molecule has 0 aliphatic carbocycles. The number of nitro groups is 1. The predicted octanol–water partition coefficient (Wildman–Crippen LogP) is 3.90. The van der Waals surface area contributed by atoms with Crippen molar-refractivity contribution in [2.75, 3.05) is 0 Å². The molecule has 0 bridgehead atoms. The standard InChI is InChI=1S/C17H15N3O4/c1-11-17(24-16-6-4-3-5-15(16)21)12(2)19(18-11)13-7-9-14(10-8-13)20(22)23/h3-10,21H,1-2H3. The number of nitrogens with zero attached hydrogens (tertiary/aromatic N) is 3. The molecule has 0 saturated carbocycles. The Morgan fingerprint density at radius 2 is 1.79 bits per heavy atom. The summed E-state index contributed by atoms with van der Waals surface area (Å²) in [5.74, 6) is 0.918. The molecule has 1 heterocycles. The van der Waals surface area contributed by atoms with Crippen LogP contribution in [0.4, 0.5) is 5.69 Å². The lowest BCUT2D eigenvalue weighted by molar-refractivity contribution is -0.384. The molecule has 0 radical (unpaired) electrons. The highest BCUT2D eigenvalue weighted by molar-refractivity contribution is 5.47. The number of para-hydroxylation sites is 2. The number of ether oxygens (including phenoxy) is 1. The second kappa shape index (κ2) is 6.04. The van der Waals surface area contributed by atoms with Gasteiger partial charge < -0.3 is 9.84 Å². The average Bonchev–Trinajstić information content (AvgIpc) is 2.85. The molecule has 0 atom stereocenters. The maximum atomic E-state index is 10.7. The first-order valence-corrected chi connectivity index (χ1v) is 7.24. The summed E-state index contributed by atoms with van der Waals surface area (Å²) in [6.45, 7) is 3.63. The van der Waals surface area contributed by atoms with Crippen LogP contribution in [0.25, 0.3) is 5.69 Å². The fraction of sp³-hybridized carbons (Fsp3) is 0.118. The molecule has 3 aromatic rings. The third kappa shape index (κ3) is 2.79. The van der Waals surface area contributed by atoms with E-state index < -0.39 is 4.92 Å². The maximum Gasteiger partial charge on any atom is 0.269 e. The highest BCUT2D eigenvalue weighted by atomic mass is 16.6. The first-order valence-electron chi connectivity index (χ1n) is 7.24. The van der Waals surface area contributed by atoms with Gasteiger partial charge in [-0.2, -0.15) is 5.10 Å². The number of aromatic hydroxyl groups is 1. The topological polar surface area (TPSA) is 90.4 Å². The Morgan fingerprint density at radius 3 is 2.42 bits per heavy atom. The fourth-order valence-corrected chi connectivity index (χ4v) is 2.40. The molecule has 0 fully saturated rings. The van der Waals surface area contributed by atoms with Gasteiger partial charge in [-0.05, 0) is 38.1 Å². The van der Waals surface area contributed by atoms with E-state index in [1.807, 2.05) is 6.92 Å². The van der Waals surface area contributed by atoms with Gasteiger partial charge in [0.15, 0.2) is 17.2 Å². The zero-order valence-corrected chi connectivity index (χ0v) is 13.1. The molecule has 0 aliphatic heterocycles. The van der Waals surface area contributed by atoms with E-state index in [0.717, 1.165) is 5.69 Å². The first-order chi connectivity index (χ1) is 11.5. The number of benzene rings is 2. The molecular weight excluding hydrogens is 310 g/mol. The van der Waals surface area contributed by atoms with Crippen LogP contribution < -0.4 is 4.74 Å². The molecule has 0 spiro atoms. The number of phenolic OH excluding ortho intramolecular Hbond substituents is 1. The largest absolute Gasteiger partial charge is 0.504 e. The highest BCUT2D eigenvalue weighted by Gasteiger charge is 2.17. The zero-order chi connectivity index (χ0) is 17.3. The van der Waals surface area contributed by atoms with E-state index in [1.165, 1.54) is 12.1 Å². The van der Waals surface area contributed by atoms with Crippen molar-refractivity contribution in [1.82, 2.24) is 9.78 Å². The summed E-state index contributed by atoms with van der Waals surface area (Å²) < 4.78 is 7.44. The molecule has 24 heavy (non-hydrogen) atoms. The molecule has 0 unspecified atom stereocenters. The molecular formula is C17H15N3O4. The Balaban J connectivity index is 1.97. The summed E-state index contributed by atoms with van der Waals surface area (Å²) in [5.41, 5.74) is 2.08. The summed E-state index contributed by atoms with van der Waals surface area (Å²) in [6.07, 6.45) is 0. The number of hydrogen-bond donors (Lipinski definition) is 1. The van der Waals surface area contributed by atoms with E-state index in [-0.39, 0.29) is 11.4 Å². The van der Waals surface area contributed by atoms with E-state index in [0.29, 0.717) is 22.9 Å². The quantitative estimate of drug-likeness (QED) is 0.580. The lowest BCUT2D eigenvalue weighted by Crippen LogP contribution is -1.99. The van der Waals surface area contributed by atoms with Crippen LogP contribution in [0.1, 0.15) is 11.4 Å². The highest BCUT2D eigenvalue weighted by Crippen LogP contribution is 2.34. The van der Waals surface area contributed by atoms with Gasteiger partial charge in [-0.25, -0.2) is 4.68 Å². The van der Waals surface area contributed by atoms with Crippen LogP contribution in [0.3, 0.4) is 0 Å². The van der Waals surface area contributed by atoms with Crippen LogP contribution in [0.2, 0.25) is 0 Å². The first kappa shape index (κ1) is 15.5. The van der Waals surface area contributed by atoms with Gasteiger partial charge >= 0.3 is 0 Å². The van der Waals surface area contributed by atoms with Crippen LogP contribution in [0, 0.1) is 24.0 Å². The second-order valence-corrected chi connectivity index (χ2v) is 5.26. The van der Waals surface area contributed by atoms with Gasteiger partial charge in [-0.15, -0.1) is 0 Å². The van der Waals surface area contributed by atoms with Gasteiger partial charge in [-0.1, -0.05) is 12.1 Å². The normalized spacial score (nSPS) is 10.6. The second-order valence-electron chi connectivity index (χ2n) is 5.26. The van der Waals surface area contributed by atoms with E-state index in [2.05, 4.69) is 5.10 Å². The number of phenols is 1. The molecule has 7 heteroatoms. The lowest BCUT2D eigenvalue weighted by atomic mass is 10.2. The van der Waals surface area contributed by atoms with Crippen molar-refractivity contribution < 1.29 is 14.8 Å². The Morgan fingerprint density at radius 1 is 1.12 bits per heavy atom. The number of hydrogen-bond acceptors (Lipinski definition) is 5.